The summed E-state index contributed by atoms with van der Waals surface area (Å²) in [5.74, 6) is -0.144. The highest BCUT2D eigenvalue weighted by Crippen LogP contribution is 2.48. The van der Waals surface area contributed by atoms with Crippen LogP contribution >= 0.6 is 0 Å². The summed E-state index contributed by atoms with van der Waals surface area (Å²) in [5, 5.41) is 13.1. The van der Waals surface area contributed by atoms with Gasteiger partial charge < -0.3 is 5.32 Å². The molecule has 1 amide bonds. The topological polar surface area (TPSA) is 166 Å². The van der Waals surface area contributed by atoms with Crippen LogP contribution in [0.5, 0.6) is 0 Å². The molecule has 11 nitrogen and oxygen atoms in total. The lowest BCUT2D eigenvalue weighted by atomic mass is 9.93. The van der Waals surface area contributed by atoms with Gasteiger partial charge in [0.05, 0.1) is 32.5 Å². The Labute approximate surface area is 210 Å². The van der Waals surface area contributed by atoms with Crippen LogP contribution in [0.25, 0.3) is 10.8 Å². The maximum atomic E-state index is 13.4. The summed E-state index contributed by atoms with van der Waals surface area (Å²) in [6.45, 7) is 0. The van der Waals surface area contributed by atoms with Crippen molar-refractivity contribution in [3.63, 3.8) is 0 Å². The van der Waals surface area contributed by atoms with Crippen molar-refractivity contribution in [2.45, 2.75) is 16.0 Å². The van der Waals surface area contributed by atoms with Crippen molar-refractivity contribution in [3.8, 4) is 0 Å². The van der Waals surface area contributed by atoms with Crippen LogP contribution in [0.4, 0.5) is 22.7 Å². The molecule has 3 N–H and O–H groups in total. The van der Waals surface area contributed by atoms with Gasteiger partial charge in [0.1, 0.15) is 6.17 Å². The van der Waals surface area contributed by atoms with E-state index in [1.165, 1.54) is 0 Å². The van der Waals surface area contributed by atoms with E-state index in [2.05, 4.69) is 15.5 Å². The van der Waals surface area contributed by atoms with Crippen molar-refractivity contribution in [1.29, 1.82) is 0 Å². The lowest BCUT2D eigenvalue weighted by Gasteiger charge is -2.31. The van der Waals surface area contributed by atoms with Gasteiger partial charge in [-0.25, -0.2) is 0 Å². The number of anilines is 2. The van der Waals surface area contributed by atoms with Crippen LogP contribution < -0.4 is 10.2 Å². The Bertz CT molecular complexity index is 1850. The molecule has 6 rings (SSSR count). The molecule has 37 heavy (non-hydrogen) atoms. The molecular weight excluding hydrogens is 520 g/mol. The molecule has 4 aromatic rings. The molecule has 2 heterocycles. The van der Waals surface area contributed by atoms with E-state index >= 15 is 0 Å². The Morgan fingerprint density at radius 2 is 1.43 bits per heavy atom. The van der Waals surface area contributed by atoms with E-state index in [-0.39, 0.29) is 11.6 Å². The molecule has 0 bridgehead atoms. The second kappa shape index (κ2) is 7.91. The van der Waals surface area contributed by atoms with Crippen molar-refractivity contribution >= 4 is 59.7 Å². The highest BCUT2D eigenvalue weighted by Gasteiger charge is 2.40. The summed E-state index contributed by atoms with van der Waals surface area (Å²) in [6.07, 6.45) is -0.419. The number of fused-ring (bicyclic) bond motifs is 4. The fourth-order valence-electron chi connectivity index (χ4n) is 4.64. The highest BCUT2D eigenvalue weighted by molar-refractivity contribution is 7.86. The second-order valence-electron chi connectivity index (χ2n) is 8.49. The van der Waals surface area contributed by atoms with Crippen LogP contribution in [0, 0.1) is 0 Å². The zero-order chi connectivity index (χ0) is 26.1. The fraction of sp³-hybridized carbons (Fsp3) is 0.0417. The molecule has 13 heteroatoms. The van der Waals surface area contributed by atoms with Gasteiger partial charge >= 0.3 is 0 Å². The van der Waals surface area contributed by atoms with Crippen molar-refractivity contribution in [1.82, 2.24) is 0 Å². The molecule has 2 aliphatic rings. The Kier molecular flexibility index (Phi) is 4.97. The molecule has 0 fully saturated rings. The number of hydrogen-bond acceptors (Lipinski definition) is 8. The maximum absolute atomic E-state index is 13.4. The summed E-state index contributed by atoms with van der Waals surface area (Å²) in [7, 11) is -9.56. The van der Waals surface area contributed by atoms with E-state index in [0.717, 1.165) is 28.5 Å². The first-order valence-electron chi connectivity index (χ1n) is 10.8. The van der Waals surface area contributed by atoms with Crippen LogP contribution in [-0.4, -0.2) is 31.8 Å². The number of rotatable bonds is 4. The van der Waals surface area contributed by atoms with Gasteiger partial charge in [-0.2, -0.15) is 27.1 Å². The minimum Gasteiger partial charge on any atom is -0.359 e. The van der Waals surface area contributed by atoms with E-state index in [4.69, 9.17) is 0 Å². The normalized spacial score (nSPS) is 16.6. The van der Waals surface area contributed by atoms with Gasteiger partial charge in [0.2, 0.25) is 0 Å². The van der Waals surface area contributed by atoms with E-state index in [1.807, 2.05) is 30.3 Å². The number of nitrogens with one attached hydrogen (secondary N) is 1. The molecular formula is C24H16N4O7S2. The van der Waals surface area contributed by atoms with E-state index in [0.29, 0.717) is 28.7 Å². The third-order valence-electron chi connectivity index (χ3n) is 6.21. The first-order valence-corrected chi connectivity index (χ1v) is 13.7. The van der Waals surface area contributed by atoms with Gasteiger partial charge in [0.25, 0.3) is 26.1 Å². The zero-order valence-corrected chi connectivity index (χ0v) is 20.2. The van der Waals surface area contributed by atoms with Gasteiger partial charge in [0.15, 0.2) is 0 Å². The Morgan fingerprint density at radius 3 is 2.11 bits per heavy atom. The van der Waals surface area contributed by atoms with Crippen LogP contribution in [0.15, 0.2) is 92.8 Å². The summed E-state index contributed by atoms with van der Waals surface area (Å²) < 4.78 is 64.8. The number of amides is 1. The third-order valence-corrected chi connectivity index (χ3v) is 7.88. The number of azo groups is 1. The average Bonchev–Trinajstić information content (AvgIpc) is 3.24. The highest BCUT2D eigenvalue weighted by atomic mass is 32.2. The first-order chi connectivity index (χ1) is 17.5. The molecule has 4 aromatic carbocycles. The largest absolute Gasteiger partial charge is 0.359 e. The van der Waals surface area contributed by atoms with E-state index in [1.54, 1.807) is 29.2 Å². The molecule has 0 spiro atoms. The Hall–Kier alpha value is -4.17. The lowest BCUT2D eigenvalue weighted by Crippen LogP contribution is -2.37. The Morgan fingerprint density at radius 1 is 0.784 bits per heavy atom. The minimum absolute atomic E-state index is 0.144. The molecule has 1 unspecified atom stereocenters. The predicted octanol–water partition coefficient (Wildman–Crippen LogP) is 4.83. The van der Waals surface area contributed by atoms with Crippen LogP contribution in [0.2, 0.25) is 0 Å². The maximum Gasteiger partial charge on any atom is 0.294 e. The zero-order valence-electron chi connectivity index (χ0n) is 18.6. The van der Waals surface area contributed by atoms with Gasteiger partial charge in [-0.05, 0) is 47.9 Å². The van der Waals surface area contributed by atoms with Crippen molar-refractivity contribution in [2.75, 3.05) is 10.2 Å². The third kappa shape index (κ3) is 3.84. The predicted molar refractivity (Wildman–Crippen MR) is 134 cm³/mol. The van der Waals surface area contributed by atoms with Crippen LogP contribution in [0.1, 0.15) is 22.1 Å². The molecule has 2 aliphatic heterocycles. The first kappa shape index (κ1) is 23.2. The summed E-state index contributed by atoms with van der Waals surface area (Å²) in [5.41, 5.74) is 2.90. The number of carbonyl (C=O) groups excluding carboxylic acids is 1. The monoisotopic (exact) mass is 536 g/mol. The average molecular weight is 537 g/mol. The van der Waals surface area contributed by atoms with E-state index in [9.17, 15) is 30.7 Å². The molecule has 186 valence electrons. The summed E-state index contributed by atoms with van der Waals surface area (Å²) >= 11 is 0. The van der Waals surface area contributed by atoms with Gasteiger partial charge in [-0.15, -0.1) is 0 Å². The standard InChI is InChI=1S/C24H16N4O7S2/c29-24-19-6-2-4-13-3-1-5-18(22(13)19)23-25-20-11-14(7-8-21(20)28(23)24)26-27-15-9-16(36(30,31)32)12-17(10-15)37(33,34)35/h1-12,23,25H,(H,30,31,32)(H,33,34,35). The van der Waals surface area contributed by atoms with Crippen molar-refractivity contribution in [2.24, 2.45) is 10.2 Å². The smallest absolute Gasteiger partial charge is 0.294 e. The summed E-state index contributed by atoms with van der Waals surface area (Å²) in [6, 6.07) is 18.8. The van der Waals surface area contributed by atoms with Crippen molar-refractivity contribution in [3.05, 3.63) is 83.9 Å². The molecule has 0 saturated carbocycles. The minimum atomic E-state index is -4.78. The molecule has 0 saturated heterocycles. The summed E-state index contributed by atoms with van der Waals surface area (Å²) in [4.78, 5) is 13.5. The number of benzene rings is 4. The van der Waals surface area contributed by atoms with Crippen LogP contribution in [0.3, 0.4) is 0 Å². The molecule has 0 aromatic heterocycles. The van der Waals surface area contributed by atoms with Gasteiger partial charge in [0, 0.05) is 16.5 Å². The number of hydrogen-bond donors (Lipinski definition) is 3. The molecule has 0 aliphatic carbocycles. The Balaban J connectivity index is 1.38. The quantitative estimate of drug-likeness (QED) is 0.246. The van der Waals surface area contributed by atoms with Gasteiger partial charge in [-0.1, -0.05) is 30.3 Å². The lowest BCUT2D eigenvalue weighted by molar-refractivity contribution is 0.0980. The van der Waals surface area contributed by atoms with Gasteiger partial charge in [-0.3, -0.25) is 18.8 Å². The van der Waals surface area contributed by atoms with Crippen LogP contribution in [-0.2, 0) is 20.2 Å². The molecule has 0 radical (unpaired) electrons. The number of carbonyl (C=O) groups is 1. The van der Waals surface area contributed by atoms with E-state index < -0.39 is 36.2 Å². The fourth-order valence-corrected chi connectivity index (χ4v) is 5.81. The SMILES string of the molecule is O=C1c2cccc3cccc(c23)C2Nc3cc(N=Nc4cc(S(=O)(=O)O)cc(S(=O)(=O)O)c4)ccc3N12. The number of nitrogens with zero attached hydrogens (tertiary/aromatic N) is 3. The molecule has 1 atom stereocenters. The second-order valence-corrected chi connectivity index (χ2v) is 11.3. The van der Waals surface area contributed by atoms with Crippen molar-refractivity contribution < 1.29 is 30.7 Å².